The third-order valence-electron chi connectivity index (χ3n) is 4.73. The molecule has 1 aliphatic carbocycles. The standard InChI is InChI=1S/C17H25NO2.C2H6/c1-12-10-18-11-15(12)13-7-8-16(19-2)17(9-13)20-14-5-3-4-6-14;1-2/h7-9,12,14-15,18H,3-6,10-11H2,1-2H3;1-2H3. The normalized spacial score (nSPS) is 24.7. The van der Waals surface area contributed by atoms with E-state index in [0.29, 0.717) is 17.9 Å². The van der Waals surface area contributed by atoms with Crippen molar-refractivity contribution in [1.29, 1.82) is 0 Å². The van der Waals surface area contributed by atoms with Gasteiger partial charge in [-0.1, -0.05) is 26.8 Å². The van der Waals surface area contributed by atoms with Gasteiger partial charge in [-0.2, -0.15) is 0 Å². The first-order valence-corrected chi connectivity index (χ1v) is 8.83. The van der Waals surface area contributed by atoms with Gasteiger partial charge in [-0.25, -0.2) is 0 Å². The molecule has 0 spiro atoms. The molecule has 1 heterocycles. The van der Waals surface area contributed by atoms with Crippen molar-refractivity contribution in [1.82, 2.24) is 5.32 Å². The monoisotopic (exact) mass is 305 g/mol. The molecule has 124 valence electrons. The zero-order valence-corrected chi connectivity index (χ0v) is 14.5. The van der Waals surface area contributed by atoms with Gasteiger partial charge in [0.25, 0.3) is 0 Å². The Morgan fingerprint density at radius 3 is 2.36 bits per heavy atom. The van der Waals surface area contributed by atoms with Crippen molar-refractivity contribution in [2.24, 2.45) is 5.92 Å². The molecule has 0 aromatic heterocycles. The van der Waals surface area contributed by atoms with Gasteiger partial charge in [-0.15, -0.1) is 0 Å². The van der Waals surface area contributed by atoms with E-state index in [1.54, 1.807) is 7.11 Å². The minimum Gasteiger partial charge on any atom is -0.493 e. The number of hydrogen-bond acceptors (Lipinski definition) is 3. The summed E-state index contributed by atoms with van der Waals surface area (Å²) < 4.78 is 11.6. The molecule has 22 heavy (non-hydrogen) atoms. The summed E-state index contributed by atoms with van der Waals surface area (Å²) in [7, 11) is 1.72. The molecule has 1 aliphatic heterocycles. The van der Waals surface area contributed by atoms with Gasteiger partial charge in [0.15, 0.2) is 11.5 Å². The molecule has 3 nitrogen and oxygen atoms in total. The van der Waals surface area contributed by atoms with Crippen LogP contribution in [0.4, 0.5) is 0 Å². The van der Waals surface area contributed by atoms with E-state index in [0.717, 1.165) is 24.6 Å². The maximum Gasteiger partial charge on any atom is 0.161 e. The van der Waals surface area contributed by atoms with E-state index in [4.69, 9.17) is 9.47 Å². The predicted molar refractivity (Wildman–Crippen MR) is 92.0 cm³/mol. The van der Waals surface area contributed by atoms with Crippen LogP contribution in [-0.4, -0.2) is 26.3 Å². The van der Waals surface area contributed by atoms with E-state index < -0.39 is 0 Å². The molecule has 3 rings (SSSR count). The Balaban J connectivity index is 0.000000847. The molecule has 1 saturated carbocycles. The Hall–Kier alpha value is -1.22. The van der Waals surface area contributed by atoms with Crippen molar-refractivity contribution in [2.75, 3.05) is 20.2 Å². The summed E-state index contributed by atoms with van der Waals surface area (Å²) in [6.07, 6.45) is 5.30. The average molecular weight is 305 g/mol. The van der Waals surface area contributed by atoms with Crippen LogP contribution in [0.1, 0.15) is 57.9 Å². The summed E-state index contributed by atoms with van der Waals surface area (Å²) in [5.41, 5.74) is 1.37. The second-order valence-electron chi connectivity index (χ2n) is 6.18. The molecular formula is C19H31NO2. The van der Waals surface area contributed by atoms with Gasteiger partial charge in [-0.05, 0) is 55.8 Å². The highest BCUT2D eigenvalue weighted by atomic mass is 16.5. The maximum atomic E-state index is 6.19. The molecule has 2 atom stereocenters. The summed E-state index contributed by atoms with van der Waals surface area (Å²) in [5, 5.41) is 3.47. The van der Waals surface area contributed by atoms with Gasteiger partial charge < -0.3 is 14.8 Å². The Kier molecular flexibility index (Phi) is 6.56. The van der Waals surface area contributed by atoms with Crippen LogP contribution in [-0.2, 0) is 0 Å². The van der Waals surface area contributed by atoms with E-state index in [1.165, 1.54) is 31.2 Å². The largest absolute Gasteiger partial charge is 0.493 e. The summed E-state index contributed by atoms with van der Waals surface area (Å²) in [6, 6.07) is 6.45. The molecule has 1 aromatic carbocycles. The second kappa shape index (κ2) is 8.42. The van der Waals surface area contributed by atoms with Crippen LogP contribution in [0.3, 0.4) is 0 Å². The number of methoxy groups -OCH3 is 1. The molecule has 1 aromatic rings. The number of hydrogen-bond donors (Lipinski definition) is 1. The Morgan fingerprint density at radius 2 is 1.77 bits per heavy atom. The maximum absolute atomic E-state index is 6.19. The molecule has 3 heteroatoms. The number of nitrogens with one attached hydrogen (secondary N) is 1. The summed E-state index contributed by atoms with van der Waals surface area (Å²) in [4.78, 5) is 0. The van der Waals surface area contributed by atoms with Gasteiger partial charge in [0.2, 0.25) is 0 Å². The third-order valence-corrected chi connectivity index (χ3v) is 4.73. The van der Waals surface area contributed by atoms with E-state index in [-0.39, 0.29) is 0 Å². The van der Waals surface area contributed by atoms with Crippen molar-refractivity contribution >= 4 is 0 Å². The molecule has 0 bridgehead atoms. The second-order valence-corrected chi connectivity index (χ2v) is 6.18. The first-order valence-electron chi connectivity index (χ1n) is 8.83. The van der Waals surface area contributed by atoms with Crippen molar-refractivity contribution < 1.29 is 9.47 Å². The molecular weight excluding hydrogens is 274 g/mol. The zero-order valence-electron chi connectivity index (χ0n) is 14.5. The Morgan fingerprint density at radius 1 is 1.05 bits per heavy atom. The smallest absolute Gasteiger partial charge is 0.161 e. The predicted octanol–water partition coefficient (Wildman–Crippen LogP) is 4.37. The van der Waals surface area contributed by atoms with Gasteiger partial charge in [-0.3, -0.25) is 0 Å². The molecule has 1 N–H and O–H groups in total. The lowest BCUT2D eigenvalue weighted by atomic mass is 9.90. The van der Waals surface area contributed by atoms with Crippen LogP contribution < -0.4 is 14.8 Å². The number of ether oxygens (including phenoxy) is 2. The van der Waals surface area contributed by atoms with Gasteiger partial charge in [0.1, 0.15) is 0 Å². The van der Waals surface area contributed by atoms with E-state index in [9.17, 15) is 0 Å². The van der Waals surface area contributed by atoms with Crippen molar-refractivity contribution in [3.8, 4) is 11.5 Å². The van der Waals surface area contributed by atoms with Crippen LogP contribution >= 0.6 is 0 Å². The van der Waals surface area contributed by atoms with Crippen LogP contribution in [0.25, 0.3) is 0 Å². The first kappa shape index (κ1) is 17.1. The van der Waals surface area contributed by atoms with Gasteiger partial charge in [0, 0.05) is 12.5 Å². The van der Waals surface area contributed by atoms with Crippen LogP contribution in [0.15, 0.2) is 18.2 Å². The molecule has 2 unspecified atom stereocenters. The lowest BCUT2D eigenvalue weighted by molar-refractivity contribution is 0.200. The van der Waals surface area contributed by atoms with Crippen molar-refractivity contribution in [2.45, 2.75) is 58.5 Å². The Bertz CT molecular complexity index is 455. The topological polar surface area (TPSA) is 30.5 Å². The fourth-order valence-electron chi connectivity index (χ4n) is 3.46. The van der Waals surface area contributed by atoms with E-state index >= 15 is 0 Å². The van der Waals surface area contributed by atoms with Gasteiger partial charge >= 0.3 is 0 Å². The van der Waals surface area contributed by atoms with Crippen molar-refractivity contribution in [3.63, 3.8) is 0 Å². The molecule has 0 radical (unpaired) electrons. The van der Waals surface area contributed by atoms with E-state index in [1.807, 2.05) is 13.8 Å². The minimum atomic E-state index is 0.373. The number of benzene rings is 1. The highest BCUT2D eigenvalue weighted by Crippen LogP contribution is 2.36. The summed E-state index contributed by atoms with van der Waals surface area (Å²) in [6.45, 7) is 8.48. The first-order chi connectivity index (χ1) is 10.8. The fourth-order valence-corrected chi connectivity index (χ4v) is 3.46. The Labute approximate surface area is 135 Å². The quantitative estimate of drug-likeness (QED) is 0.896. The van der Waals surface area contributed by atoms with Crippen LogP contribution in [0.2, 0.25) is 0 Å². The zero-order chi connectivity index (χ0) is 15.9. The highest BCUT2D eigenvalue weighted by Gasteiger charge is 2.26. The molecule has 0 amide bonds. The molecule has 2 aliphatic rings. The SMILES string of the molecule is CC.COc1ccc(C2CNCC2C)cc1OC1CCCC1. The lowest BCUT2D eigenvalue weighted by Crippen LogP contribution is -2.13. The van der Waals surface area contributed by atoms with Gasteiger partial charge in [0.05, 0.1) is 13.2 Å². The van der Waals surface area contributed by atoms with Crippen LogP contribution in [0, 0.1) is 5.92 Å². The summed E-state index contributed by atoms with van der Waals surface area (Å²) in [5.74, 6) is 3.06. The average Bonchev–Trinajstić information content (AvgIpc) is 3.21. The molecule has 2 fully saturated rings. The lowest BCUT2D eigenvalue weighted by Gasteiger charge is -2.20. The van der Waals surface area contributed by atoms with Crippen molar-refractivity contribution in [3.05, 3.63) is 23.8 Å². The highest BCUT2D eigenvalue weighted by molar-refractivity contribution is 5.44. The fraction of sp³-hybridized carbons (Fsp3) is 0.684. The summed E-state index contributed by atoms with van der Waals surface area (Å²) >= 11 is 0. The third kappa shape index (κ3) is 3.95. The minimum absolute atomic E-state index is 0.373. The van der Waals surface area contributed by atoms with E-state index in [2.05, 4.69) is 30.4 Å². The molecule has 1 saturated heterocycles. The van der Waals surface area contributed by atoms with Crippen LogP contribution in [0.5, 0.6) is 11.5 Å². The number of rotatable bonds is 4.